The van der Waals surface area contributed by atoms with Crippen molar-refractivity contribution < 1.29 is 142 Å². The minimum atomic E-state index is -1.96. The van der Waals surface area contributed by atoms with E-state index in [9.17, 15) is 90.4 Å². The fourth-order valence-electron chi connectivity index (χ4n) is 14.0. The van der Waals surface area contributed by atoms with Crippen LogP contribution in [0.4, 0.5) is 0 Å². The Kier molecular flexibility index (Phi) is 32.0. The van der Waals surface area contributed by atoms with Gasteiger partial charge in [-0.3, -0.25) is 24.0 Å². The molecular formula is C65H107N5O29. The third kappa shape index (κ3) is 21.1. The maximum absolute atomic E-state index is 14.0. The van der Waals surface area contributed by atoms with Crippen LogP contribution < -0.4 is 31.3 Å². The van der Waals surface area contributed by atoms with Crippen LogP contribution in [0.25, 0.3) is 0 Å². The topological polar surface area (TPSA) is 510 Å². The van der Waals surface area contributed by atoms with Crippen LogP contribution >= 0.6 is 0 Å². The van der Waals surface area contributed by atoms with E-state index in [0.29, 0.717) is 12.4 Å². The summed E-state index contributed by atoms with van der Waals surface area (Å²) < 4.78 is 66.8. The van der Waals surface area contributed by atoms with E-state index in [0.717, 1.165) is 53.4 Å². The molecule has 4 heterocycles. The van der Waals surface area contributed by atoms with Crippen LogP contribution in [-0.2, 0) is 66.5 Å². The molecule has 7 rings (SSSR count). The monoisotopic (exact) mass is 1420 g/mol. The van der Waals surface area contributed by atoms with Crippen LogP contribution in [0.15, 0.2) is 24.3 Å². The number of methoxy groups -OCH3 is 1. The fraction of sp³-hybridized carbons (Fsp3) is 0.831. The molecule has 6 aliphatic rings. The highest BCUT2D eigenvalue weighted by atomic mass is 16.7. The summed E-state index contributed by atoms with van der Waals surface area (Å²) in [5.41, 5.74) is 0.0779. The highest BCUT2D eigenvalue weighted by Crippen LogP contribution is 2.40. The van der Waals surface area contributed by atoms with E-state index in [2.05, 4.69) is 33.5 Å². The van der Waals surface area contributed by atoms with Gasteiger partial charge in [0.1, 0.15) is 109 Å². The lowest BCUT2D eigenvalue weighted by Gasteiger charge is -2.52. The van der Waals surface area contributed by atoms with Gasteiger partial charge in [0.2, 0.25) is 23.6 Å². The molecule has 2 aliphatic carbocycles. The molecule has 0 spiro atoms. The number of carbonyl (C=O) groups excluding carboxylic acids is 5. The van der Waals surface area contributed by atoms with Crippen molar-refractivity contribution in [3.63, 3.8) is 0 Å². The maximum atomic E-state index is 14.0. The average Bonchev–Trinajstić information content (AvgIpc) is 0.771. The number of aliphatic hydroxyl groups is 13. The standard InChI is InChI=1S/C65H107N5O29/c1-8-9-10-11-12-13-14-15-16-20-90-37-19-17-18-34(21-37)61(87)70-46-50(81)49(80)40(26-73)96-63(46)99-58-41(27-74)97-64(47(54(58)85)69-33(6)78)98-57-36(25-72)23-38(43(52(57)83)66-30(3)75)93-56-35(24-71)22-39(44(51(56)82)67-31(4)76)94-59-42(95-62(88)45(53(59)84)68-32(5)77)28-91-65-60(89-7)55(86)48(79)29(2)92-65/h17-19,21,29,35-36,38-60,62-65,71-74,79-86,88H,8-16,20,22-28H2,1-7H3,(H,66,75)(H,67,76)(H,68,77)(H,69,78)(H,70,87)/t29?,35-,36?,38+,39?,40?,41-,42?,43+,44?,45-,46-,47?,48?,49+,50+,51?,52+,53+,54?,55-,56+,57?,58+,59?,60+,62?,63?,64?,65+/m0/s1. The Balaban J connectivity index is 1.07. The number of hydrogen-bond donors (Lipinski definition) is 18. The Bertz CT molecular complexity index is 2680. The molecule has 1 aromatic carbocycles. The highest BCUT2D eigenvalue weighted by Gasteiger charge is 2.58. The van der Waals surface area contributed by atoms with E-state index in [1.165, 1.54) is 58.3 Å². The van der Waals surface area contributed by atoms with E-state index in [4.69, 9.17) is 52.1 Å². The van der Waals surface area contributed by atoms with E-state index in [1.54, 1.807) is 12.1 Å². The van der Waals surface area contributed by atoms with Crippen molar-refractivity contribution in [2.75, 3.05) is 46.8 Å². The summed E-state index contributed by atoms with van der Waals surface area (Å²) >= 11 is 0. The largest absolute Gasteiger partial charge is 0.494 e. The predicted molar refractivity (Wildman–Crippen MR) is 340 cm³/mol. The molecule has 34 nitrogen and oxygen atoms in total. The zero-order valence-electron chi connectivity index (χ0n) is 57.0. The highest BCUT2D eigenvalue weighted by molar-refractivity contribution is 5.94. The van der Waals surface area contributed by atoms with Crippen molar-refractivity contribution in [2.45, 2.75) is 284 Å². The minimum Gasteiger partial charge on any atom is -0.494 e. The first-order valence-electron chi connectivity index (χ1n) is 34.3. The summed E-state index contributed by atoms with van der Waals surface area (Å²) in [6, 6.07) is -1.60. The fourth-order valence-corrected chi connectivity index (χ4v) is 14.0. The van der Waals surface area contributed by atoms with Gasteiger partial charge in [0.25, 0.3) is 5.91 Å². The van der Waals surface area contributed by atoms with Gasteiger partial charge in [0.05, 0.1) is 69.0 Å². The van der Waals surface area contributed by atoms with Gasteiger partial charge in [-0.2, -0.15) is 0 Å². The van der Waals surface area contributed by atoms with Gasteiger partial charge in [-0.25, -0.2) is 0 Å². The molecule has 18 N–H and O–H groups in total. The first-order chi connectivity index (χ1) is 47.2. The number of nitrogens with one attached hydrogen (secondary N) is 5. The number of rotatable bonds is 33. The molecule has 6 fully saturated rings. The molecule has 99 heavy (non-hydrogen) atoms. The number of hydrogen-bond acceptors (Lipinski definition) is 29. The van der Waals surface area contributed by atoms with Crippen LogP contribution in [0.1, 0.15) is 123 Å². The third-order valence-corrected chi connectivity index (χ3v) is 19.2. The van der Waals surface area contributed by atoms with Crippen molar-refractivity contribution in [3.05, 3.63) is 29.8 Å². The normalized spacial score (nSPS) is 39.5. The summed E-state index contributed by atoms with van der Waals surface area (Å²) in [6.07, 6.45) is -27.5. The second kappa shape index (κ2) is 38.8. The maximum Gasteiger partial charge on any atom is 0.251 e. The summed E-state index contributed by atoms with van der Waals surface area (Å²) in [7, 11) is 1.24. The minimum absolute atomic E-state index is 0.0779. The Morgan fingerprint density at radius 1 is 0.475 bits per heavy atom. The van der Waals surface area contributed by atoms with Gasteiger partial charge in [0, 0.05) is 65.4 Å². The first kappa shape index (κ1) is 81.7. The van der Waals surface area contributed by atoms with Gasteiger partial charge in [0.15, 0.2) is 25.2 Å². The number of benzene rings is 1. The third-order valence-electron chi connectivity index (χ3n) is 19.2. The Morgan fingerprint density at radius 3 is 1.49 bits per heavy atom. The molecule has 5 amide bonds. The van der Waals surface area contributed by atoms with Crippen molar-refractivity contribution >= 4 is 29.5 Å². The van der Waals surface area contributed by atoms with Gasteiger partial charge in [-0.15, -0.1) is 0 Å². The molecule has 4 saturated heterocycles. The van der Waals surface area contributed by atoms with Crippen molar-refractivity contribution in [1.29, 1.82) is 0 Å². The first-order valence-corrected chi connectivity index (χ1v) is 34.3. The van der Waals surface area contributed by atoms with Crippen LogP contribution in [0.3, 0.4) is 0 Å². The van der Waals surface area contributed by atoms with E-state index < -0.39 is 246 Å². The second-order valence-electron chi connectivity index (χ2n) is 26.6. The lowest BCUT2D eigenvalue weighted by Crippen LogP contribution is -2.70. The predicted octanol–water partition coefficient (Wildman–Crippen LogP) is -5.17. The Hall–Kier alpha value is -4.55. The van der Waals surface area contributed by atoms with Crippen LogP contribution in [0.5, 0.6) is 5.75 Å². The van der Waals surface area contributed by atoms with E-state index in [1.807, 2.05) is 0 Å². The quantitative estimate of drug-likeness (QED) is 0.0293. The molecule has 566 valence electrons. The van der Waals surface area contributed by atoms with Crippen LogP contribution in [0, 0.1) is 11.8 Å². The number of aliphatic hydroxyl groups excluding tert-OH is 13. The van der Waals surface area contributed by atoms with Gasteiger partial charge >= 0.3 is 0 Å². The molecule has 15 unspecified atom stereocenters. The molecule has 0 bridgehead atoms. The summed E-state index contributed by atoms with van der Waals surface area (Å²) in [6.45, 7) is 4.54. The van der Waals surface area contributed by atoms with Crippen molar-refractivity contribution in [2.24, 2.45) is 11.8 Å². The summed E-state index contributed by atoms with van der Waals surface area (Å²) in [4.78, 5) is 65.4. The SMILES string of the molecule is CCCCCCCCCCCOc1cccc(C(=O)N[C@@H]2C(O[C@H]3C(O)C(NC(C)=O)C(OC4C(CO)C[C@@H](O[C@H]5C(O)C(NC(C)=O)C(OC6C(CO[C@@H]7OC(C)C(O)[C@H](O)[C@H]7OC)OC(O)[C@@H](NC(C)=O)[C@H]6O)C[C@H]5CO)[C@@H](NC(C)=O)[C@H]4O)O[C@H]3CO)OC(CO)[C@@H](O)[C@@H]2O)c1. The van der Waals surface area contributed by atoms with Crippen molar-refractivity contribution in [1.82, 2.24) is 26.6 Å². The summed E-state index contributed by atoms with van der Waals surface area (Å²) in [5.74, 6) is -5.63. The van der Waals surface area contributed by atoms with Crippen molar-refractivity contribution in [3.8, 4) is 5.75 Å². The molecule has 1 aromatic rings. The molecule has 0 aromatic heterocycles. The number of unbranched alkanes of at least 4 members (excludes halogenated alkanes) is 8. The van der Waals surface area contributed by atoms with Gasteiger partial charge < -0.3 is 145 Å². The molecule has 34 heteroatoms. The zero-order valence-corrected chi connectivity index (χ0v) is 57.0. The lowest BCUT2D eigenvalue weighted by atomic mass is 9.77. The Morgan fingerprint density at radius 2 is 0.949 bits per heavy atom. The van der Waals surface area contributed by atoms with E-state index >= 15 is 0 Å². The summed E-state index contributed by atoms with van der Waals surface area (Å²) in [5, 5.41) is 160. The van der Waals surface area contributed by atoms with Gasteiger partial charge in [-0.1, -0.05) is 64.4 Å². The Labute approximate surface area is 574 Å². The smallest absolute Gasteiger partial charge is 0.251 e. The average molecular weight is 1420 g/mol. The number of amides is 5. The zero-order chi connectivity index (χ0) is 72.5. The molecule has 30 atom stereocenters. The lowest BCUT2D eigenvalue weighted by molar-refractivity contribution is -0.342. The van der Waals surface area contributed by atoms with E-state index in [-0.39, 0.29) is 18.4 Å². The number of ether oxygens (including phenoxy) is 11. The van der Waals surface area contributed by atoms with Gasteiger partial charge in [-0.05, 0) is 44.4 Å². The number of carbonyl (C=O) groups is 5. The molecule has 4 aliphatic heterocycles. The second-order valence-corrected chi connectivity index (χ2v) is 26.6. The molecular weight excluding hydrogens is 1310 g/mol. The molecule has 2 saturated carbocycles. The molecule has 0 radical (unpaired) electrons. The van der Waals surface area contributed by atoms with Crippen LogP contribution in [-0.4, -0.2) is 314 Å². The van der Waals surface area contributed by atoms with Crippen LogP contribution in [0.2, 0.25) is 0 Å².